The Balaban J connectivity index is 2.12. The fourth-order valence-corrected chi connectivity index (χ4v) is 3.68. The standard InChI is InChI=1S/C11H8N2O3S2/c14-7-3-6(5-1-2-17-4-5)10-8(12-7)9(11(15)16)13-18-10/h1-2,4,6H,3H2,(H,12,14)(H,15,16)/t6-/m0/s1. The molecule has 1 amide bonds. The first-order valence-electron chi connectivity index (χ1n) is 5.21. The van der Waals surface area contributed by atoms with E-state index in [-0.39, 0.29) is 17.5 Å². The van der Waals surface area contributed by atoms with E-state index in [4.69, 9.17) is 5.11 Å². The van der Waals surface area contributed by atoms with Crippen LogP contribution in [0.1, 0.15) is 33.3 Å². The molecule has 0 radical (unpaired) electrons. The fourth-order valence-electron chi connectivity index (χ4n) is 2.02. The number of nitrogens with one attached hydrogen (secondary N) is 1. The molecule has 92 valence electrons. The predicted molar refractivity (Wildman–Crippen MR) is 68.5 cm³/mol. The average molecular weight is 280 g/mol. The third kappa shape index (κ3) is 1.72. The Morgan fingerprint density at radius 1 is 1.56 bits per heavy atom. The highest BCUT2D eigenvalue weighted by Gasteiger charge is 2.33. The number of carbonyl (C=O) groups excluding carboxylic acids is 1. The number of fused-ring (bicyclic) bond motifs is 1. The molecule has 2 aromatic rings. The van der Waals surface area contributed by atoms with Gasteiger partial charge in [-0.05, 0) is 33.9 Å². The molecule has 5 nitrogen and oxygen atoms in total. The molecule has 0 fully saturated rings. The molecule has 0 aromatic carbocycles. The molecule has 0 spiro atoms. The van der Waals surface area contributed by atoms with Crippen LogP contribution in [0.15, 0.2) is 16.8 Å². The molecular weight excluding hydrogens is 272 g/mol. The van der Waals surface area contributed by atoms with Gasteiger partial charge in [0, 0.05) is 12.3 Å². The molecule has 0 saturated carbocycles. The number of aromatic carboxylic acids is 1. The van der Waals surface area contributed by atoms with Crippen molar-refractivity contribution in [3.8, 4) is 0 Å². The molecule has 1 aliphatic heterocycles. The Kier molecular flexibility index (Phi) is 2.64. The first kappa shape index (κ1) is 11.4. The van der Waals surface area contributed by atoms with Gasteiger partial charge in [-0.3, -0.25) is 4.79 Å². The number of hydrogen-bond donors (Lipinski definition) is 2. The lowest BCUT2D eigenvalue weighted by molar-refractivity contribution is -0.116. The van der Waals surface area contributed by atoms with Gasteiger partial charge in [0.2, 0.25) is 5.91 Å². The fraction of sp³-hybridized carbons (Fsp3) is 0.182. The number of rotatable bonds is 2. The lowest BCUT2D eigenvalue weighted by atomic mass is 9.92. The summed E-state index contributed by atoms with van der Waals surface area (Å²) in [6.07, 6.45) is 0.338. The largest absolute Gasteiger partial charge is 0.476 e. The molecule has 0 unspecified atom stereocenters. The second-order valence-corrected chi connectivity index (χ2v) is 5.52. The summed E-state index contributed by atoms with van der Waals surface area (Å²) in [6.45, 7) is 0. The van der Waals surface area contributed by atoms with Gasteiger partial charge in [0.25, 0.3) is 0 Å². The Labute approximate surface area is 110 Å². The number of aromatic nitrogens is 1. The molecule has 0 bridgehead atoms. The van der Waals surface area contributed by atoms with Crippen LogP contribution in [0.25, 0.3) is 0 Å². The zero-order valence-electron chi connectivity index (χ0n) is 9.04. The van der Waals surface area contributed by atoms with Crippen molar-refractivity contribution in [1.29, 1.82) is 0 Å². The molecule has 3 heterocycles. The Morgan fingerprint density at radius 3 is 3.06 bits per heavy atom. The minimum atomic E-state index is -1.11. The molecule has 2 N–H and O–H groups in total. The van der Waals surface area contributed by atoms with E-state index in [0.29, 0.717) is 12.1 Å². The van der Waals surface area contributed by atoms with Crippen molar-refractivity contribution in [1.82, 2.24) is 4.37 Å². The van der Waals surface area contributed by atoms with Crippen LogP contribution >= 0.6 is 22.9 Å². The molecule has 7 heteroatoms. The number of carboxylic acid groups (broad SMARTS) is 1. The topological polar surface area (TPSA) is 79.3 Å². The van der Waals surface area contributed by atoms with E-state index in [1.807, 2.05) is 16.8 Å². The van der Waals surface area contributed by atoms with Crippen molar-refractivity contribution in [2.24, 2.45) is 0 Å². The first-order valence-corrected chi connectivity index (χ1v) is 6.93. The summed E-state index contributed by atoms with van der Waals surface area (Å²) in [5.74, 6) is -1.36. The number of hydrogen-bond acceptors (Lipinski definition) is 5. The summed E-state index contributed by atoms with van der Waals surface area (Å²) in [4.78, 5) is 23.5. The van der Waals surface area contributed by atoms with Gasteiger partial charge in [0.1, 0.15) is 0 Å². The van der Waals surface area contributed by atoms with E-state index < -0.39 is 5.97 Å². The van der Waals surface area contributed by atoms with E-state index in [0.717, 1.165) is 22.0 Å². The van der Waals surface area contributed by atoms with Gasteiger partial charge in [-0.15, -0.1) is 0 Å². The summed E-state index contributed by atoms with van der Waals surface area (Å²) in [6, 6.07) is 1.96. The summed E-state index contributed by atoms with van der Waals surface area (Å²) >= 11 is 2.71. The number of anilines is 1. The van der Waals surface area contributed by atoms with Gasteiger partial charge >= 0.3 is 5.97 Å². The highest BCUT2D eigenvalue weighted by Crippen LogP contribution is 2.41. The van der Waals surface area contributed by atoms with Crippen LogP contribution in [0.2, 0.25) is 0 Å². The number of thiophene rings is 1. The minimum Gasteiger partial charge on any atom is -0.476 e. The van der Waals surface area contributed by atoms with Crippen molar-refractivity contribution in [3.05, 3.63) is 33.0 Å². The van der Waals surface area contributed by atoms with E-state index >= 15 is 0 Å². The maximum Gasteiger partial charge on any atom is 0.357 e. The van der Waals surface area contributed by atoms with Crippen LogP contribution in [-0.4, -0.2) is 21.4 Å². The van der Waals surface area contributed by atoms with Crippen LogP contribution in [-0.2, 0) is 4.79 Å². The van der Waals surface area contributed by atoms with Crippen LogP contribution in [0.4, 0.5) is 5.69 Å². The second kappa shape index (κ2) is 4.18. The predicted octanol–water partition coefficient (Wildman–Crippen LogP) is 2.38. The lowest BCUT2D eigenvalue weighted by Crippen LogP contribution is -2.23. The highest BCUT2D eigenvalue weighted by molar-refractivity contribution is 7.08. The monoisotopic (exact) mass is 280 g/mol. The van der Waals surface area contributed by atoms with Gasteiger partial charge in [-0.1, -0.05) is 0 Å². The molecule has 0 saturated heterocycles. The van der Waals surface area contributed by atoms with E-state index in [2.05, 4.69) is 9.69 Å². The van der Waals surface area contributed by atoms with E-state index in [1.54, 1.807) is 11.3 Å². The zero-order valence-corrected chi connectivity index (χ0v) is 10.7. The summed E-state index contributed by atoms with van der Waals surface area (Å²) in [7, 11) is 0. The SMILES string of the molecule is O=C1C[C@@H](c2ccsc2)c2snc(C(=O)O)c2N1. The third-order valence-corrected chi connectivity index (χ3v) is 4.50. The Hall–Kier alpha value is -1.73. The first-order chi connectivity index (χ1) is 8.66. The Morgan fingerprint density at radius 2 is 2.39 bits per heavy atom. The highest BCUT2D eigenvalue weighted by atomic mass is 32.1. The van der Waals surface area contributed by atoms with E-state index in [9.17, 15) is 9.59 Å². The van der Waals surface area contributed by atoms with E-state index in [1.165, 1.54) is 0 Å². The number of carbonyl (C=O) groups is 2. The molecule has 1 atom stereocenters. The van der Waals surface area contributed by atoms with Crippen molar-refractivity contribution in [3.63, 3.8) is 0 Å². The normalized spacial score (nSPS) is 18.2. The third-order valence-electron chi connectivity index (χ3n) is 2.84. The number of nitrogens with zero attached hydrogens (tertiary/aromatic N) is 1. The summed E-state index contributed by atoms with van der Waals surface area (Å²) < 4.78 is 3.92. The Bertz CT molecular complexity index is 618. The van der Waals surface area contributed by atoms with Crippen molar-refractivity contribution in [2.75, 3.05) is 5.32 Å². The lowest BCUT2D eigenvalue weighted by Gasteiger charge is -2.21. The molecule has 0 aliphatic carbocycles. The van der Waals surface area contributed by atoms with Crippen molar-refractivity contribution in [2.45, 2.75) is 12.3 Å². The van der Waals surface area contributed by atoms with Crippen LogP contribution in [0, 0.1) is 0 Å². The smallest absolute Gasteiger partial charge is 0.357 e. The quantitative estimate of drug-likeness (QED) is 0.885. The summed E-state index contributed by atoms with van der Waals surface area (Å²) in [5.41, 5.74) is 1.33. The van der Waals surface area contributed by atoms with Gasteiger partial charge in [0.05, 0.1) is 10.6 Å². The molecule has 2 aromatic heterocycles. The molecule has 18 heavy (non-hydrogen) atoms. The maximum absolute atomic E-state index is 11.7. The second-order valence-electron chi connectivity index (χ2n) is 3.94. The van der Waals surface area contributed by atoms with Gasteiger partial charge in [-0.2, -0.15) is 15.7 Å². The van der Waals surface area contributed by atoms with Gasteiger partial charge in [-0.25, -0.2) is 4.79 Å². The van der Waals surface area contributed by atoms with Crippen LogP contribution in [0.3, 0.4) is 0 Å². The van der Waals surface area contributed by atoms with Gasteiger partial charge < -0.3 is 10.4 Å². The average Bonchev–Trinajstić information content (AvgIpc) is 2.96. The van der Waals surface area contributed by atoms with Gasteiger partial charge in [0.15, 0.2) is 5.69 Å². The van der Waals surface area contributed by atoms with Crippen molar-refractivity contribution >= 4 is 40.4 Å². The van der Waals surface area contributed by atoms with Crippen molar-refractivity contribution < 1.29 is 14.7 Å². The van der Waals surface area contributed by atoms with Crippen LogP contribution < -0.4 is 5.32 Å². The van der Waals surface area contributed by atoms with Crippen LogP contribution in [0.5, 0.6) is 0 Å². The molecule has 3 rings (SSSR count). The molecule has 1 aliphatic rings. The summed E-state index contributed by atoms with van der Waals surface area (Å²) in [5, 5.41) is 15.6. The number of carboxylic acids is 1. The zero-order chi connectivity index (χ0) is 12.7. The maximum atomic E-state index is 11.7. The number of amides is 1. The minimum absolute atomic E-state index is 0.0664. The molecular formula is C11H8N2O3S2.